The van der Waals surface area contributed by atoms with Crippen LogP contribution in [-0.4, -0.2) is 57.7 Å². The van der Waals surface area contributed by atoms with Crippen LogP contribution in [0.5, 0.6) is 0 Å². The minimum absolute atomic E-state index is 0.152. The number of likely N-dealkylation sites (tertiary alicyclic amines) is 1. The van der Waals surface area contributed by atoms with Crippen molar-refractivity contribution in [3.63, 3.8) is 0 Å². The maximum absolute atomic E-state index is 12.0. The van der Waals surface area contributed by atoms with E-state index >= 15 is 0 Å². The summed E-state index contributed by atoms with van der Waals surface area (Å²) in [5.74, 6) is -0.953. The SMILES string of the molecule is O=C(CCSSc1ccccn1)NCC(=O)N1CCCC1C(=O)O. The number of aromatic nitrogens is 1. The molecule has 1 atom stereocenters. The Kier molecular flexibility index (Phi) is 7.38. The molecule has 24 heavy (non-hydrogen) atoms. The molecule has 1 aromatic heterocycles. The second kappa shape index (κ2) is 9.53. The van der Waals surface area contributed by atoms with E-state index in [-0.39, 0.29) is 18.4 Å². The Morgan fingerprint density at radius 1 is 1.38 bits per heavy atom. The number of aliphatic carboxylic acids is 1. The first-order valence-corrected chi connectivity index (χ1v) is 9.89. The standard InChI is InChI=1S/C15H19N3O4S2/c19-12(6-9-23-24-13-5-1-2-7-16-13)17-10-14(20)18-8-3-4-11(18)15(21)22/h1-2,5,7,11H,3-4,6,8-10H2,(H,17,19)(H,21,22). The fourth-order valence-electron chi connectivity index (χ4n) is 2.32. The van der Waals surface area contributed by atoms with E-state index < -0.39 is 12.0 Å². The van der Waals surface area contributed by atoms with Crippen LogP contribution in [0.2, 0.25) is 0 Å². The van der Waals surface area contributed by atoms with Gasteiger partial charge in [-0.05, 0) is 35.8 Å². The summed E-state index contributed by atoms with van der Waals surface area (Å²) in [5, 5.41) is 12.5. The van der Waals surface area contributed by atoms with Crippen LogP contribution in [0.1, 0.15) is 19.3 Å². The number of carboxylic acid groups (broad SMARTS) is 1. The molecule has 1 fully saturated rings. The number of rotatable bonds is 8. The first kappa shape index (κ1) is 18.6. The topological polar surface area (TPSA) is 99.6 Å². The Labute approximate surface area is 148 Å². The lowest BCUT2D eigenvalue weighted by Gasteiger charge is -2.21. The van der Waals surface area contributed by atoms with E-state index in [0.717, 1.165) is 5.03 Å². The van der Waals surface area contributed by atoms with Gasteiger partial charge in [0.2, 0.25) is 11.8 Å². The van der Waals surface area contributed by atoms with Crippen molar-refractivity contribution in [2.45, 2.75) is 30.3 Å². The van der Waals surface area contributed by atoms with E-state index in [4.69, 9.17) is 5.11 Å². The number of pyridine rings is 1. The monoisotopic (exact) mass is 369 g/mol. The lowest BCUT2D eigenvalue weighted by molar-refractivity contribution is -0.148. The third kappa shape index (κ3) is 5.72. The molecule has 1 aromatic rings. The minimum atomic E-state index is -0.991. The molecule has 2 N–H and O–H groups in total. The van der Waals surface area contributed by atoms with E-state index in [1.54, 1.807) is 6.20 Å². The van der Waals surface area contributed by atoms with Crippen LogP contribution in [0, 0.1) is 0 Å². The number of carbonyl (C=O) groups is 3. The van der Waals surface area contributed by atoms with Crippen LogP contribution >= 0.6 is 21.6 Å². The van der Waals surface area contributed by atoms with Gasteiger partial charge in [0, 0.05) is 24.9 Å². The molecule has 0 aromatic carbocycles. The van der Waals surface area contributed by atoms with Crippen molar-refractivity contribution < 1.29 is 19.5 Å². The molecule has 1 unspecified atom stereocenters. The van der Waals surface area contributed by atoms with Gasteiger partial charge in [0.1, 0.15) is 11.1 Å². The summed E-state index contributed by atoms with van der Waals surface area (Å²) >= 11 is 0. The number of hydrogen-bond donors (Lipinski definition) is 2. The van der Waals surface area contributed by atoms with Crippen molar-refractivity contribution in [2.75, 3.05) is 18.8 Å². The number of nitrogens with zero attached hydrogens (tertiary/aromatic N) is 2. The van der Waals surface area contributed by atoms with Crippen LogP contribution < -0.4 is 5.32 Å². The lowest BCUT2D eigenvalue weighted by atomic mass is 10.2. The van der Waals surface area contributed by atoms with Crippen LogP contribution in [0.3, 0.4) is 0 Å². The average Bonchev–Trinajstić information content (AvgIpc) is 3.07. The Bertz CT molecular complexity index is 585. The number of carbonyl (C=O) groups excluding carboxylic acids is 2. The van der Waals surface area contributed by atoms with Crippen LogP contribution in [-0.2, 0) is 14.4 Å². The molecule has 1 saturated heterocycles. The Balaban J connectivity index is 1.62. The number of carboxylic acids is 1. The van der Waals surface area contributed by atoms with Crippen molar-refractivity contribution in [3.05, 3.63) is 24.4 Å². The van der Waals surface area contributed by atoms with E-state index in [9.17, 15) is 14.4 Å². The highest BCUT2D eigenvalue weighted by Crippen LogP contribution is 2.29. The number of hydrogen-bond acceptors (Lipinski definition) is 6. The van der Waals surface area contributed by atoms with Crippen molar-refractivity contribution in [3.8, 4) is 0 Å². The van der Waals surface area contributed by atoms with Gasteiger partial charge < -0.3 is 15.3 Å². The molecule has 7 nitrogen and oxygen atoms in total. The number of amides is 2. The van der Waals surface area contributed by atoms with Gasteiger partial charge in [-0.25, -0.2) is 9.78 Å². The van der Waals surface area contributed by atoms with Gasteiger partial charge in [0.05, 0.1) is 6.54 Å². The van der Waals surface area contributed by atoms with Crippen LogP contribution in [0.25, 0.3) is 0 Å². The Hall–Kier alpha value is -1.74. The van der Waals surface area contributed by atoms with Crippen molar-refractivity contribution >= 4 is 39.4 Å². The van der Waals surface area contributed by atoms with E-state index in [2.05, 4.69) is 10.3 Å². The largest absolute Gasteiger partial charge is 0.480 e. The second-order valence-electron chi connectivity index (χ2n) is 5.18. The molecule has 0 aliphatic carbocycles. The highest BCUT2D eigenvalue weighted by atomic mass is 33.1. The molecule has 0 saturated carbocycles. The maximum Gasteiger partial charge on any atom is 0.326 e. The summed E-state index contributed by atoms with van der Waals surface area (Å²) in [6, 6.07) is 4.87. The summed E-state index contributed by atoms with van der Waals surface area (Å²) < 4.78 is 0. The molecule has 130 valence electrons. The Morgan fingerprint density at radius 2 is 2.21 bits per heavy atom. The molecular formula is C15H19N3O4S2. The third-order valence-corrected chi connectivity index (χ3v) is 5.76. The van der Waals surface area contributed by atoms with E-state index in [1.807, 2.05) is 18.2 Å². The fourth-order valence-corrected chi connectivity index (χ4v) is 4.19. The molecule has 1 aliphatic rings. The van der Waals surface area contributed by atoms with Crippen molar-refractivity contribution in [1.82, 2.24) is 15.2 Å². The number of nitrogens with one attached hydrogen (secondary N) is 1. The van der Waals surface area contributed by atoms with E-state index in [1.165, 1.54) is 26.5 Å². The highest BCUT2D eigenvalue weighted by molar-refractivity contribution is 8.76. The zero-order chi connectivity index (χ0) is 17.4. The van der Waals surface area contributed by atoms with Crippen molar-refractivity contribution in [1.29, 1.82) is 0 Å². The molecule has 0 bridgehead atoms. The minimum Gasteiger partial charge on any atom is -0.480 e. The first-order chi connectivity index (χ1) is 11.6. The smallest absolute Gasteiger partial charge is 0.326 e. The first-order valence-electron chi connectivity index (χ1n) is 7.57. The summed E-state index contributed by atoms with van der Waals surface area (Å²) in [6.07, 6.45) is 3.15. The van der Waals surface area contributed by atoms with Gasteiger partial charge >= 0.3 is 5.97 Å². The quantitative estimate of drug-likeness (QED) is 0.528. The zero-order valence-corrected chi connectivity index (χ0v) is 14.6. The predicted molar refractivity (Wildman–Crippen MR) is 92.5 cm³/mol. The molecular weight excluding hydrogens is 350 g/mol. The molecule has 1 aliphatic heterocycles. The Morgan fingerprint density at radius 3 is 2.92 bits per heavy atom. The van der Waals surface area contributed by atoms with Gasteiger partial charge in [0.15, 0.2) is 0 Å². The van der Waals surface area contributed by atoms with Crippen LogP contribution in [0.4, 0.5) is 0 Å². The van der Waals surface area contributed by atoms with Crippen LogP contribution in [0.15, 0.2) is 29.4 Å². The molecule has 9 heteroatoms. The zero-order valence-electron chi connectivity index (χ0n) is 13.0. The van der Waals surface area contributed by atoms with Gasteiger partial charge in [-0.3, -0.25) is 9.59 Å². The average molecular weight is 369 g/mol. The third-order valence-electron chi connectivity index (χ3n) is 3.49. The van der Waals surface area contributed by atoms with Crippen molar-refractivity contribution in [2.24, 2.45) is 0 Å². The van der Waals surface area contributed by atoms with Gasteiger partial charge in [-0.2, -0.15) is 0 Å². The highest BCUT2D eigenvalue weighted by Gasteiger charge is 2.33. The molecule has 0 radical (unpaired) electrons. The summed E-state index contributed by atoms with van der Waals surface area (Å²) in [6.45, 7) is 0.281. The second-order valence-corrected chi connectivity index (χ2v) is 7.62. The maximum atomic E-state index is 12.0. The van der Waals surface area contributed by atoms with Gasteiger partial charge in [-0.1, -0.05) is 16.9 Å². The van der Waals surface area contributed by atoms with Gasteiger partial charge in [-0.15, -0.1) is 0 Å². The molecule has 2 amide bonds. The fraction of sp³-hybridized carbons (Fsp3) is 0.467. The normalized spacial score (nSPS) is 16.8. The summed E-state index contributed by atoms with van der Waals surface area (Å²) in [5.41, 5.74) is 0. The summed E-state index contributed by atoms with van der Waals surface area (Å²) in [4.78, 5) is 40.3. The molecule has 0 spiro atoms. The van der Waals surface area contributed by atoms with E-state index in [0.29, 0.717) is 31.6 Å². The molecule has 2 heterocycles. The predicted octanol–water partition coefficient (Wildman–Crippen LogP) is 1.40. The molecule has 2 rings (SSSR count). The van der Waals surface area contributed by atoms with Gasteiger partial charge in [0.25, 0.3) is 0 Å². The summed E-state index contributed by atoms with van der Waals surface area (Å²) in [7, 11) is 3.01. The lowest BCUT2D eigenvalue weighted by Crippen LogP contribution is -2.45.